The zero-order valence-corrected chi connectivity index (χ0v) is 14.9. The van der Waals surface area contributed by atoms with Gasteiger partial charge in [-0.1, -0.05) is 6.92 Å². The molecular formula is C17H21FN2O4S. The number of hydrogen-bond donors (Lipinski definition) is 2. The highest BCUT2D eigenvalue weighted by atomic mass is 32.2. The standard InChI is InChI=1S/C17H21FN2O4S/c1-10-7-20(8-14(10)17(23)24)16(22)11(2)25-9-15(21)19-13-5-3-12(18)4-6-13/h3-6,10-11,14H,7-9H2,1-2H3,(H,19,21)(H,23,24)/t10-,11?,14-/m1/s1. The summed E-state index contributed by atoms with van der Waals surface area (Å²) in [4.78, 5) is 37.0. The number of nitrogens with zero attached hydrogens (tertiary/aromatic N) is 1. The topological polar surface area (TPSA) is 86.7 Å². The number of benzene rings is 1. The van der Waals surface area contributed by atoms with E-state index in [4.69, 9.17) is 5.11 Å². The highest BCUT2D eigenvalue weighted by Crippen LogP contribution is 2.25. The summed E-state index contributed by atoms with van der Waals surface area (Å²) in [7, 11) is 0. The Kier molecular flexibility index (Phi) is 6.41. The lowest BCUT2D eigenvalue weighted by Gasteiger charge is -2.20. The van der Waals surface area contributed by atoms with Crippen molar-refractivity contribution in [3.8, 4) is 0 Å². The van der Waals surface area contributed by atoms with E-state index < -0.39 is 17.1 Å². The number of carboxylic acids is 1. The van der Waals surface area contributed by atoms with Crippen molar-refractivity contribution < 1.29 is 23.9 Å². The number of carbonyl (C=O) groups excluding carboxylic acids is 2. The number of hydrogen-bond acceptors (Lipinski definition) is 4. The second kappa shape index (κ2) is 8.33. The average Bonchev–Trinajstić information content (AvgIpc) is 2.96. The van der Waals surface area contributed by atoms with E-state index >= 15 is 0 Å². The fourth-order valence-electron chi connectivity index (χ4n) is 2.73. The maximum absolute atomic E-state index is 12.8. The minimum absolute atomic E-state index is 0.0794. The monoisotopic (exact) mass is 368 g/mol. The molecule has 1 aromatic carbocycles. The molecule has 8 heteroatoms. The predicted molar refractivity (Wildman–Crippen MR) is 93.8 cm³/mol. The number of halogens is 1. The van der Waals surface area contributed by atoms with Gasteiger partial charge >= 0.3 is 5.97 Å². The van der Waals surface area contributed by atoms with Crippen LogP contribution in [0.2, 0.25) is 0 Å². The Labute approximate surface area is 149 Å². The van der Waals surface area contributed by atoms with Crippen molar-refractivity contribution in [1.29, 1.82) is 0 Å². The Morgan fingerprint density at radius 1 is 1.32 bits per heavy atom. The van der Waals surface area contributed by atoms with Gasteiger partial charge in [0, 0.05) is 18.8 Å². The third-order valence-corrected chi connectivity index (χ3v) is 5.31. The van der Waals surface area contributed by atoms with Gasteiger partial charge in [0.1, 0.15) is 5.82 Å². The van der Waals surface area contributed by atoms with E-state index in [9.17, 15) is 18.8 Å². The van der Waals surface area contributed by atoms with Crippen LogP contribution in [-0.2, 0) is 14.4 Å². The third-order valence-electron chi connectivity index (χ3n) is 4.18. The lowest BCUT2D eigenvalue weighted by atomic mass is 9.99. The maximum atomic E-state index is 12.8. The first-order chi connectivity index (χ1) is 11.8. The van der Waals surface area contributed by atoms with Gasteiger partial charge in [-0.3, -0.25) is 14.4 Å². The van der Waals surface area contributed by atoms with Gasteiger partial charge in [0.2, 0.25) is 11.8 Å². The van der Waals surface area contributed by atoms with E-state index in [0.29, 0.717) is 12.2 Å². The van der Waals surface area contributed by atoms with Gasteiger partial charge in [0.15, 0.2) is 0 Å². The summed E-state index contributed by atoms with van der Waals surface area (Å²) in [5.74, 6) is -2.25. The van der Waals surface area contributed by atoms with E-state index in [-0.39, 0.29) is 35.8 Å². The summed E-state index contributed by atoms with van der Waals surface area (Å²) in [5, 5.41) is 11.3. The van der Waals surface area contributed by atoms with Crippen molar-refractivity contribution in [3.05, 3.63) is 30.1 Å². The first-order valence-electron chi connectivity index (χ1n) is 7.96. The average molecular weight is 368 g/mol. The molecule has 136 valence electrons. The van der Waals surface area contributed by atoms with Crippen LogP contribution in [0.1, 0.15) is 13.8 Å². The summed E-state index contributed by atoms with van der Waals surface area (Å²) in [6.45, 7) is 4.15. The molecular weight excluding hydrogens is 347 g/mol. The minimum Gasteiger partial charge on any atom is -0.481 e. The number of anilines is 1. The fourth-order valence-corrected chi connectivity index (χ4v) is 3.49. The van der Waals surface area contributed by atoms with E-state index in [0.717, 1.165) is 0 Å². The van der Waals surface area contributed by atoms with Crippen LogP contribution in [-0.4, -0.2) is 51.9 Å². The number of nitrogens with one attached hydrogen (secondary N) is 1. The van der Waals surface area contributed by atoms with Gasteiger partial charge in [-0.2, -0.15) is 0 Å². The largest absolute Gasteiger partial charge is 0.481 e. The summed E-state index contributed by atoms with van der Waals surface area (Å²) < 4.78 is 12.8. The minimum atomic E-state index is -0.887. The zero-order valence-electron chi connectivity index (χ0n) is 14.1. The number of carbonyl (C=O) groups is 3. The summed E-state index contributed by atoms with van der Waals surface area (Å²) >= 11 is 1.19. The molecule has 1 aliphatic rings. The highest BCUT2D eigenvalue weighted by Gasteiger charge is 2.38. The molecule has 1 unspecified atom stereocenters. The van der Waals surface area contributed by atoms with Crippen molar-refractivity contribution in [2.75, 3.05) is 24.2 Å². The van der Waals surface area contributed by atoms with E-state index in [1.165, 1.54) is 36.0 Å². The molecule has 0 aliphatic carbocycles. The van der Waals surface area contributed by atoms with E-state index in [1.54, 1.807) is 11.8 Å². The highest BCUT2D eigenvalue weighted by molar-refractivity contribution is 8.01. The van der Waals surface area contributed by atoms with Crippen molar-refractivity contribution in [2.24, 2.45) is 11.8 Å². The Morgan fingerprint density at radius 2 is 1.96 bits per heavy atom. The summed E-state index contributed by atoms with van der Waals surface area (Å²) in [5.41, 5.74) is 0.489. The molecule has 1 heterocycles. The molecule has 1 aliphatic heterocycles. The fraction of sp³-hybridized carbons (Fsp3) is 0.471. The SMILES string of the molecule is CC(SCC(=O)Nc1ccc(F)cc1)C(=O)N1C[C@@H](C)[C@H](C(=O)O)C1. The molecule has 0 radical (unpaired) electrons. The lowest BCUT2D eigenvalue weighted by Crippen LogP contribution is -2.36. The molecule has 0 bridgehead atoms. The van der Waals surface area contributed by atoms with Gasteiger partial charge in [-0.25, -0.2) is 4.39 Å². The molecule has 0 aromatic heterocycles. The second-order valence-corrected chi connectivity index (χ2v) is 7.50. The van der Waals surface area contributed by atoms with Crippen molar-refractivity contribution >= 4 is 35.2 Å². The quantitative estimate of drug-likeness (QED) is 0.803. The van der Waals surface area contributed by atoms with Crippen molar-refractivity contribution in [2.45, 2.75) is 19.1 Å². The van der Waals surface area contributed by atoms with Crippen LogP contribution in [0.5, 0.6) is 0 Å². The molecule has 2 amide bonds. The summed E-state index contributed by atoms with van der Waals surface area (Å²) in [6.07, 6.45) is 0. The number of aliphatic carboxylic acids is 1. The van der Waals surface area contributed by atoms with Crippen LogP contribution < -0.4 is 5.32 Å². The molecule has 2 N–H and O–H groups in total. The molecule has 2 rings (SSSR count). The molecule has 25 heavy (non-hydrogen) atoms. The van der Waals surface area contributed by atoms with Crippen LogP contribution >= 0.6 is 11.8 Å². The number of rotatable bonds is 6. The van der Waals surface area contributed by atoms with Gasteiger partial charge in [-0.15, -0.1) is 11.8 Å². The number of likely N-dealkylation sites (tertiary alicyclic amines) is 1. The Bertz CT molecular complexity index is 653. The smallest absolute Gasteiger partial charge is 0.308 e. The number of amides is 2. The second-order valence-electron chi connectivity index (χ2n) is 6.17. The molecule has 1 saturated heterocycles. The third kappa shape index (κ3) is 5.19. The summed E-state index contributed by atoms with van der Waals surface area (Å²) in [6, 6.07) is 5.43. The van der Waals surface area contributed by atoms with Crippen molar-refractivity contribution in [3.63, 3.8) is 0 Å². The zero-order chi connectivity index (χ0) is 18.6. The maximum Gasteiger partial charge on any atom is 0.308 e. The number of thioether (sulfide) groups is 1. The van der Waals surface area contributed by atoms with E-state index in [2.05, 4.69) is 5.32 Å². The lowest BCUT2D eigenvalue weighted by molar-refractivity contribution is -0.142. The molecule has 3 atom stereocenters. The van der Waals surface area contributed by atoms with Gasteiger partial charge in [0.05, 0.1) is 16.9 Å². The predicted octanol–water partition coefficient (Wildman–Crippen LogP) is 2.06. The normalized spacial score (nSPS) is 21.0. The molecule has 0 spiro atoms. The molecule has 6 nitrogen and oxygen atoms in total. The molecule has 0 saturated carbocycles. The van der Waals surface area contributed by atoms with Crippen LogP contribution in [0.4, 0.5) is 10.1 Å². The van der Waals surface area contributed by atoms with Crippen LogP contribution in [0.25, 0.3) is 0 Å². The Morgan fingerprint density at radius 3 is 2.52 bits per heavy atom. The van der Waals surface area contributed by atoms with Crippen LogP contribution in [0, 0.1) is 17.7 Å². The molecule has 1 aromatic rings. The van der Waals surface area contributed by atoms with Gasteiger partial charge < -0.3 is 15.3 Å². The first-order valence-corrected chi connectivity index (χ1v) is 9.01. The number of carboxylic acid groups (broad SMARTS) is 1. The Hall–Kier alpha value is -2.09. The van der Waals surface area contributed by atoms with Gasteiger partial charge in [0.25, 0.3) is 0 Å². The van der Waals surface area contributed by atoms with Crippen LogP contribution in [0.15, 0.2) is 24.3 Å². The van der Waals surface area contributed by atoms with Crippen molar-refractivity contribution in [1.82, 2.24) is 4.90 Å². The van der Waals surface area contributed by atoms with Gasteiger partial charge in [-0.05, 0) is 37.1 Å². The molecule has 1 fully saturated rings. The van der Waals surface area contributed by atoms with Crippen LogP contribution in [0.3, 0.4) is 0 Å². The Balaban J connectivity index is 1.80. The first kappa shape index (κ1) is 19.2. The van der Waals surface area contributed by atoms with E-state index in [1.807, 2.05) is 6.92 Å².